The van der Waals surface area contributed by atoms with Crippen LogP contribution in [0.15, 0.2) is 54.7 Å². The predicted octanol–water partition coefficient (Wildman–Crippen LogP) is 3.39. The van der Waals surface area contributed by atoms with Crippen LogP contribution < -0.4 is 4.74 Å². The highest BCUT2D eigenvalue weighted by Crippen LogP contribution is 2.33. The van der Waals surface area contributed by atoms with E-state index >= 15 is 0 Å². The molecule has 0 spiro atoms. The van der Waals surface area contributed by atoms with Gasteiger partial charge in [0, 0.05) is 11.8 Å². The molecule has 2 aromatic carbocycles. The Morgan fingerprint density at radius 1 is 1.14 bits per heavy atom. The summed E-state index contributed by atoms with van der Waals surface area (Å²) in [6.45, 7) is 0. The van der Waals surface area contributed by atoms with Crippen molar-refractivity contribution in [1.29, 1.82) is 0 Å². The number of aromatic hydroxyl groups is 1. The van der Waals surface area contributed by atoms with Crippen molar-refractivity contribution in [2.75, 3.05) is 7.11 Å². The molecular formula is C16H13FN2O2. The maximum atomic E-state index is 13.7. The van der Waals surface area contributed by atoms with Crippen LogP contribution in [-0.4, -0.2) is 22.0 Å². The van der Waals surface area contributed by atoms with Crippen molar-refractivity contribution in [3.63, 3.8) is 0 Å². The minimum atomic E-state index is -0.737. The average Bonchev–Trinajstić information content (AvgIpc) is 3.00. The summed E-state index contributed by atoms with van der Waals surface area (Å²) in [5, 5.41) is 13.9. The van der Waals surface area contributed by atoms with Crippen molar-refractivity contribution in [3.05, 3.63) is 60.5 Å². The number of hydrogen-bond donors (Lipinski definition) is 1. The van der Waals surface area contributed by atoms with E-state index in [0.29, 0.717) is 11.3 Å². The monoisotopic (exact) mass is 284 g/mol. The maximum Gasteiger partial charge on any atom is 0.194 e. The lowest BCUT2D eigenvalue weighted by Crippen LogP contribution is -1.94. The normalized spacial score (nSPS) is 10.6. The third-order valence-electron chi connectivity index (χ3n) is 3.15. The fourth-order valence-electron chi connectivity index (χ4n) is 2.08. The number of phenolic OH excluding ortho intramolecular Hbond substituents is 1. The molecule has 0 saturated heterocycles. The summed E-state index contributed by atoms with van der Waals surface area (Å²) in [5.41, 5.74) is 2.04. The highest BCUT2D eigenvalue weighted by molar-refractivity contribution is 5.64. The summed E-state index contributed by atoms with van der Waals surface area (Å²) < 4.78 is 20.3. The molecular weight excluding hydrogens is 271 g/mol. The van der Waals surface area contributed by atoms with Crippen molar-refractivity contribution in [1.82, 2.24) is 9.78 Å². The molecule has 0 saturated carbocycles. The first-order valence-electron chi connectivity index (χ1n) is 6.37. The molecule has 5 heteroatoms. The molecule has 0 fully saturated rings. The van der Waals surface area contributed by atoms with Gasteiger partial charge < -0.3 is 9.84 Å². The van der Waals surface area contributed by atoms with E-state index in [2.05, 4.69) is 5.10 Å². The second kappa shape index (κ2) is 5.28. The van der Waals surface area contributed by atoms with E-state index in [9.17, 15) is 9.50 Å². The number of rotatable bonds is 3. The number of para-hydroxylation sites is 1. The number of halogens is 1. The first kappa shape index (κ1) is 13.2. The fraction of sp³-hybridized carbons (Fsp3) is 0.0625. The molecule has 0 bridgehead atoms. The molecule has 4 nitrogen and oxygen atoms in total. The third kappa shape index (κ3) is 2.45. The van der Waals surface area contributed by atoms with E-state index in [1.54, 1.807) is 23.0 Å². The fourth-order valence-corrected chi connectivity index (χ4v) is 2.08. The van der Waals surface area contributed by atoms with Crippen molar-refractivity contribution in [3.8, 4) is 28.4 Å². The summed E-state index contributed by atoms with van der Waals surface area (Å²) in [6.07, 6.45) is 1.79. The standard InChI is InChI=1S/C16H13FN2O2/c1-21-15-10-11(9-13(17)16(15)20)14-7-8-19(18-14)12-5-3-2-4-6-12/h2-10,20H,1H3. The minimum absolute atomic E-state index is 0.0826. The molecule has 0 radical (unpaired) electrons. The number of hydrogen-bond acceptors (Lipinski definition) is 3. The lowest BCUT2D eigenvalue weighted by atomic mass is 10.1. The summed E-state index contributed by atoms with van der Waals surface area (Å²) in [6, 6.07) is 14.2. The predicted molar refractivity (Wildman–Crippen MR) is 77.2 cm³/mol. The Bertz CT molecular complexity index is 769. The highest BCUT2D eigenvalue weighted by Gasteiger charge is 2.13. The molecule has 0 aliphatic carbocycles. The Morgan fingerprint density at radius 3 is 2.62 bits per heavy atom. The van der Waals surface area contributed by atoms with Gasteiger partial charge in [-0.05, 0) is 30.3 Å². The Morgan fingerprint density at radius 2 is 1.90 bits per heavy atom. The van der Waals surface area contributed by atoms with Crippen LogP contribution >= 0.6 is 0 Å². The van der Waals surface area contributed by atoms with Crippen LogP contribution in [0.25, 0.3) is 16.9 Å². The largest absolute Gasteiger partial charge is 0.502 e. The second-order valence-corrected chi connectivity index (χ2v) is 4.49. The molecule has 0 aliphatic heterocycles. The van der Waals surface area contributed by atoms with E-state index in [1.807, 2.05) is 30.3 Å². The highest BCUT2D eigenvalue weighted by atomic mass is 19.1. The lowest BCUT2D eigenvalue weighted by molar-refractivity contribution is 0.357. The number of methoxy groups -OCH3 is 1. The van der Waals surface area contributed by atoms with Gasteiger partial charge in [0.1, 0.15) is 0 Å². The Hall–Kier alpha value is -2.82. The topological polar surface area (TPSA) is 47.3 Å². The van der Waals surface area contributed by atoms with Gasteiger partial charge in [0.05, 0.1) is 18.5 Å². The van der Waals surface area contributed by atoms with Crippen LogP contribution in [0.5, 0.6) is 11.5 Å². The van der Waals surface area contributed by atoms with Crippen LogP contribution in [0, 0.1) is 5.82 Å². The molecule has 0 atom stereocenters. The molecule has 0 amide bonds. The number of phenols is 1. The quantitative estimate of drug-likeness (QED) is 0.802. The number of nitrogens with zero attached hydrogens (tertiary/aromatic N) is 2. The Labute approximate surface area is 121 Å². The summed E-state index contributed by atoms with van der Waals surface area (Å²) in [7, 11) is 1.38. The van der Waals surface area contributed by atoms with Crippen LogP contribution in [0.3, 0.4) is 0 Å². The van der Waals surface area contributed by atoms with E-state index in [0.717, 1.165) is 5.69 Å². The zero-order valence-corrected chi connectivity index (χ0v) is 11.3. The SMILES string of the molecule is COc1cc(-c2ccn(-c3ccccc3)n2)cc(F)c1O. The summed E-state index contributed by atoms with van der Waals surface area (Å²) >= 11 is 0. The maximum absolute atomic E-state index is 13.7. The molecule has 3 rings (SSSR count). The van der Waals surface area contributed by atoms with Gasteiger partial charge in [-0.25, -0.2) is 9.07 Å². The van der Waals surface area contributed by atoms with Crippen LogP contribution in [-0.2, 0) is 0 Å². The van der Waals surface area contributed by atoms with Crippen LogP contribution in [0.1, 0.15) is 0 Å². The van der Waals surface area contributed by atoms with Crippen LogP contribution in [0.4, 0.5) is 4.39 Å². The number of benzene rings is 2. The van der Waals surface area contributed by atoms with Gasteiger partial charge in [0.25, 0.3) is 0 Å². The Kier molecular flexibility index (Phi) is 3.31. The smallest absolute Gasteiger partial charge is 0.194 e. The van der Waals surface area contributed by atoms with E-state index < -0.39 is 11.6 Å². The molecule has 1 N–H and O–H groups in total. The zero-order chi connectivity index (χ0) is 14.8. The van der Waals surface area contributed by atoms with Gasteiger partial charge in [0.15, 0.2) is 17.3 Å². The van der Waals surface area contributed by atoms with Gasteiger partial charge in [-0.2, -0.15) is 5.10 Å². The van der Waals surface area contributed by atoms with Gasteiger partial charge in [0.2, 0.25) is 0 Å². The second-order valence-electron chi connectivity index (χ2n) is 4.49. The minimum Gasteiger partial charge on any atom is -0.502 e. The van der Waals surface area contributed by atoms with Crippen molar-refractivity contribution >= 4 is 0 Å². The molecule has 3 aromatic rings. The average molecular weight is 284 g/mol. The first-order chi connectivity index (χ1) is 10.2. The van der Waals surface area contributed by atoms with Gasteiger partial charge in [-0.3, -0.25) is 0 Å². The van der Waals surface area contributed by atoms with Gasteiger partial charge in [-0.1, -0.05) is 18.2 Å². The molecule has 0 unspecified atom stereocenters. The summed E-state index contributed by atoms with van der Waals surface area (Å²) in [5.74, 6) is -1.15. The zero-order valence-electron chi connectivity index (χ0n) is 11.3. The number of aromatic nitrogens is 2. The van der Waals surface area contributed by atoms with Gasteiger partial charge >= 0.3 is 0 Å². The Balaban J connectivity index is 2.03. The van der Waals surface area contributed by atoms with Crippen molar-refractivity contribution in [2.24, 2.45) is 0 Å². The number of ether oxygens (including phenoxy) is 1. The van der Waals surface area contributed by atoms with Crippen molar-refractivity contribution in [2.45, 2.75) is 0 Å². The third-order valence-corrected chi connectivity index (χ3v) is 3.15. The molecule has 1 heterocycles. The van der Waals surface area contributed by atoms with Crippen molar-refractivity contribution < 1.29 is 14.2 Å². The molecule has 0 aliphatic rings. The molecule has 21 heavy (non-hydrogen) atoms. The first-order valence-corrected chi connectivity index (χ1v) is 6.37. The molecule has 1 aromatic heterocycles. The van der Waals surface area contributed by atoms with Crippen LogP contribution in [0.2, 0.25) is 0 Å². The van der Waals surface area contributed by atoms with E-state index in [1.165, 1.54) is 13.2 Å². The van der Waals surface area contributed by atoms with Gasteiger partial charge in [-0.15, -0.1) is 0 Å². The lowest BCUT2D eigenvalue weighted by Gasteiger charge is -2.06. The van der Waals surface area contributed by atoms with E-state index in [-0.39, 0.29) is 5.75 Å². The van der Waals surface area contributed by atoms with E-state index in [4.69, 9.17) is 4.74 Å². The summed E-state index contributed by atoms with van der Waals surface area (Å²) in [4.78, 5) is 0. The molecule has 106 valence electrons.